The molecule has 6 nitrogen and oxygen atoms in total. The number of carbonyl (C=O) groups is 2. The van der Waals surface area contributed by atoms with Crippen molar-refractivity contribution in [2.45, 2.75) is 44.9 Å². The van der Waals surface area contributed by atoms with Crippen LogP contribution in [0.3, 0.4) is 0 Å². The summed E-state index contributed by atoms with van der Waals surface area (Å²) in [5, 5.41) is 0.753. The number of aromatic nitrogens is 2. The predicted molar refractivity (Wildman–Crippen MR) is 126 cm³/mol. The Morgan fingerprint density at radius 2 is 1.58 bits per heavy atom. The van der Waals surface area contributed by atoms with Crippen molar-refractivity contribution in [3.05, 3.63) is 60.4 Å². The summed E-state index contributed by atoms with van der Waals surface area (Å²) in [5.74, 6) is 1.98. The van der Waals surface area contributed by atoms with Crippen molar-refractivity contribution in [3.8, 4) is 11.3 Å². The second-order valence-electron chi connectivity index (χ2n) is 10.4. The van der Waals surface area contributed by atoms with Crippen LogP contribution in [-0.4, -0.2) is 21.8 Å². The summed E-state index contributed by atoms with van der Waals surface area (Å²) in [6.45, 7) is 0. The molecule has 2 N–H and O–H groups in total. The number of para-hydroxylation sites is 1. The minimum atomic E-state index is -0.331. The van der Waals surface area contributed by atoms with Crippen molar-refractivity contribution < 1.29 is 9.59 Å². The lowest BCUT2D eigenvalue weighted by molar-refractivity contribution is -0.130. The number of pyridine rings is 2. The topological polar surface area (TPSA) is 84.0 Å². The molecule has 4 bridgehead atoms. The van der Waals surface area contributed by atoms with Gasteiger partial charge in [0.1, 0.15) is 0 Å². The number of nitrogens with one attached hydrogen (secondary N) is 2. The Balaban J connectivity index is 1.19. The van der Waals surface area contributed by atoms with Gasteiger partial charge in [0.2, 0.25) is 5.91 Å². The molecule has 33 heavy (non-hydrogen) atoms. The van der Waals surface area contributed by atoms with E-state index in [1.54, 1.807) is 18.5 Å². The van der Waals surface area contributed by atoms with Gasteiger partial charge in [-0.3, -0.25) is 25.4 Å². The molecule has 0 radical (unpaired) electrons. The molecule has 1 aromatic carbocycles. The van der Waals surface area contributed by atoms with E-state index in [1.807, 2.05) is 36.4 Å². The number of amides is 2. The first-order valence-corrected chi connectivity index (χ1v) is 12.0. The molecule has 2 amide bonds. The average Bonchev–Trinajstić information content (AvgIpc) is 2.81. The van der Waals surface area contributed by atoms with E-state index in [0.29, 0.717) is 17.7 Å². The van der Waals surface area contributed by atoms with Gasteiger partial charge >= 0.3 is 0 Å². The Morgan fingerprint density at radius 1 is 0.909 bits per heavy atom. The predicted octanol–water partition coefficient (Wildman–Crippen LogP) is 4.66. The van der Waals surface area contributed by atoms with Crippen LogP contribution in [0.2, 0.25) is 0 Å². The summed E-state index contributed by atoms with van der Waals surface area (Å²) in [5.41, 5.74) is 8.33. The lowest BCUT2D eigenvalue weighted by atomic mass is 9.49. The molecule has 0 saturated heterocycles. The van der Waals surface area contributed by atoms with Crippen molar-refractivity contribution in [3.63, 3.8) is 0 Å². The Kier molecular flexibility index (Phi) is 4.89. The fourth-order valence-electron chi connectivity index (χ4n) is 7.12. The van der Waals surface area contributed by atoms with Crippen LogP contribution in [0.15, 0.2) is 54.9 Å². The number of nitrogens with zero attached hydrogens (tertiary/aromatic N) is 2. The van der Waals surface area contributed by atoms with Crippen molar-refractivity contribution in [1.82, 2.24) is 20.8 Å². The van der Waals surface area contributed by atoms with Crippen molar-refractivity contribution >= 4 is 22.7 Å². The molecule has 2 heterocycles. The number of benzene rings is 1. The van der Waals surface area contributed by atoms with Crippen molar-refractivity contribution in [1.29, 1.82) is 0 Å². The number of fused-ring (bicyclic) bond motifs is 1. The molecular formula is C27H28N4O2. The molecule has 7 rings (SSSR count). The zero-order valence-corrected chi connectivity index (χ0v) is 18.6. The number of carbonyl (C=O) groups excluding carboxylic acids is 2. The monoisotopic (exact) mass is 440 g/mol. The van der Waals surface area contributed by atoms with Crippen LogP contribution in [0.1, 0.15) is 55.3 Å². The van der Waals surface area contributed by atoms with Gasteiger partial charge in [0.15, 0.2) is 0 Å². The minimum absolute atomic E-state index is 0.0852. The molecule has 4 aliphatic rings. The van der Waals surface area contributed by atoms with Crippen LogP contribution in [0.25, 0.3) is 22.2 Å². The number of hydrogen-bond donors (Lipinski definition) is 2. The first-order valence-electron chi connectivity index (χ1n) is 12.0. The van der Waals surface area contributed by atoms with Gasteiger partial charge in [-0.05, 0) is 86.0 Å². The summed E-state index contributed by atoms with van der Waals surface area (Å²) in [4.78, 5) is 34.8. The molecule has 0 aliphatic heterocycles. The maximum Gasteiger partial charge on any atom is 0.270 e. The standard InChI is InChI=1S/C27H28N4O2/c32-25(16-27-13-17-9-18(14-27)11-19(10-17)15-27)30-31-26(33)22-12-24(20-5-7-28-8-6-20)29-23-4-2-1-3-21(22)23/h1-8,12,17-19H,9-11,13-16H2,(H,30,32)(H,31,33). The van der Waals surface area contributed by atoms with E-state index in [4.69, 9.17) is 4.98 Å². The summed E-state index contributed by atoms with van der Waals surface area (Å²) < 4.78 is 0. The number of rotatable bonds is 4. The number of hydrazine groups is 1. The molecule has 168 valence electrons. The molecule has 0 unspecified atom stereocenters. The molecule has 0 atom stereocenters. The first-order chi connectivity index (χ1) is 16.1. The smallest absolute Gasteiger partial charge is 0.270 e. The van der Waals surface area contributed by atoms with Crippen LogP contribution in [0.4, 0.5) is 0 Å². The highest BCUT2D eigenvalue weighted by Crippen LogP contribution is 2.61. The Hall–Kier alpha value is -3.28. The van der Waals surface area contributed by atoms with E-state index in [0.717, 1.165) is 34.2 Å². The van der Waals surface area contributed by atoms with E-state index in [-0.39, 0.29) is 17.2 Å². The third kappa shape index (κ3) is 3.88. The quantitative estimate of drug-likeness (QED) is 0.578. The van der Waals surface area contributed by atoms with Crippen LogP contribution in [-0.2, 0) is 4.79 Å². The Morgan fingerprint density at radius 3 is 2.27 bits per heavy atom. The van der Waals surface area contributed by atoms with E-state index in [2.05, 4.69) is 15.8 Å². The van der Waals surface area contributed by atoms with Crippen LogP contribution in [0.5, 0.6) is 0 Å². The van der Waals surface area contributed by atoms with Gasteiger partial charge in [-0.25, -0.2) is 4.98 Å². The molecule has 2 aromatic heterocycles. The fourth-order valence-corrected chi connectivity index (χ4v) is 7.12. The zero-order chi connectivity index (χ0) is 22.4. The maximum absolute atomic E-state index is 13.1. The summed E-state index contributed by atoms with van der Waals surface area (Å²) in [6.07, 6.45) is 11.5. The lowest BCUT2D eigenvalue weighted by Crippen LogP contribution is -2.50. The van der Waals surface area contributed by atoms with Crippen LogP contribution < -0.4 is 10.9 Å². The van der Waals surface area contributed by atoms with Crippen LogP contribution in [0, 0.1) is 23.2 Å². The van der Waals surface area contributed by atoms with Gasteiger partial charge in [0.05, 0.1) is 16.8 Å². The summed E-state index contributed by atoms with van der Waals surface area (Å²) >= 11 is 0. The highest BCUT2D eigenvalue weighted by Gasteiger charge is 2.51. The van der Waals surface area contributed by atoms with Gasteiger partial charge in [0, 0.05) is 29.8 Å². The van der Waals surface area contributed by atoms with Crippen LogP contribution >= 0.6 is 0 Å². The largest absolute Gasteiger partial charge is 0.273 e. The van der Waals surface area contributed by atoms with Gasteiger partial charge in [0.25, 0.3) is 5.91 Å². The zero-order valence-electron chi connectivity index (χ0n) is 18.6. The van der Waals surface area contributed by atoms with E-state index in [1.165, 1.54) is 38.5 Å². The third-order valence-corrected chi connectivity index (χ3v) is 7.95. The Bertz CT molecular complexity index is 1190. The van der Waals surface area contributed by atoms with E-state index < -0.39 is 0 Å². The second kappa shape index (κ2) is 7.94. The van der Waals surface area contributed by atoms with Gasteiger partial charge < -0.3 is 0 Å². The molecule has 0 spiro atoms. The minimum Gasteiger partial charge on any atom is -0.273 e. The molecule has 6 heteroatoms. The normalized spacial score (nSPS) is 27.5. The second-order valence-corrected chi connectivity index (χ2v) is 10.4. The summed E-state index contributed by atoms with van der Waals surface area (Å²) in [6, 6.07) is 13.1. The molecule has 4 saturated carbocycles. The average molecular weight is 441 g/mol. The number of hydrogen-bond acceptors (Lipinski definition) is 4. The lowest BCUT2D eigenvalue weighted by Gasteiger charge is -2.56. The first kappa shape index (κ1) is 20.3. The van der Waals surface area contributed by atoms with Crippen molar-refractivity contribution in [2.24, 2.45) is 23.2 Å². The molecule has 3 aromatic rings. The molecule has 4 fully saturated rings. The highest BCUT2D eigenvalue weighted by molar-refractivity contribution is 6.07. The Labute approximate surface area is 193 Å². The molecule has 4 aliphatic carbocycles. The third-order valence-electron chi connectivity index (χ3n) is 7.95. The molecular weight excluding hydrogens is 412 g/mol. The maximum atomic E-state index is 13.1. The SMILES string of the molecule is O=C(CC12CC3CC(CC(C3)C1)C2)NNC(=O)c1cc(-c2ccncc2)nc2ccccc12. The fraction of sp³-hybridized carbons (Fsp3) is 0.407. The van der Waals surface area contributed by atoms with Gasteiger partial charge in [-0.2, -0.15) is 0 Å². The highest BCUT2D eigenvalue weighted by atomic mass is 16.2. The summed E-state index contributed by atoms with van der Waals surface area (Å²) in [7, 11) is 0. The van der Waals surface area contributed by atoms with E-state index >= 15 is 0 Å². The van der Waals surface area contributed by atoms with Crippen molar-refractivity contribution in [2.75, 3.05) is 0 Å². The van der Waals surface area contributed by atoms with E-state index in [9.17, 15) is 9.59 Å². The van der Waals surface area contributed by atoms with Gasteiger partial charge in [-0.1, -0.05) is 18.2 Å². The van der Waals surface area contributed by atoms with Gasteiger partial charge in [-0.15, -0.1) is 0 Å².